The molecule has 0 fully saturated rings. The molecule has 0 atom stereocenters. The monoisotopic (exact) mass is 184 g/mol. The third-order valence-corrected chi connectivity index (χ3v) is 2.18. The smallest absolute Gasteiger partial charge is 0.0872 e. The van der Waals surface area contributed by atoms with Gasteiger partial charge in [0.25, 0.3) is 0 Å². The van der Waals surface area contributed by atoms with E-state index in [4.69, 9.17) is 0 Å². The van der Waals surface area contributed by atoms with E-state index in [0.29, 0.717) is 0 Å². The van der Waals surface area contributed by atoms with Crippen molar-refractivity contribution in [3.63, 3.8) is 0 Å². The van der Waals surface area contributed by atoms with Crippen LogP contribution in [0.1, 0.15) is 11.1 Å². The molecule has 0 radical (unpaired) electrons. The molecule has 1 heterocycles. The zero-order chi connectivity index (χ0) is 9.80. The molecular weight excluding hydrogens is 172 g/mol. The zero-order valence-electron chi connectivity index (χ0n) is 7.90. The summed E-state index contributed by atoms with van der Waals surface area (Å²) in [6.07, 6.45) is 7.50. The van der Waals surface area contributed by atoms with Gasteiger partial charge in [0.15, 0.2) is 0 Å². The van der Waals surface area contributed by atoms with Crippen LogP contribution in [0.4, 0.5) is 5.69 Å². The summed E-state index contributed by atoms with van der Waals surface area (Å²) in [5.74, 6) is 0. The fourth-order valence-corrected chi connectivity index (χ4v) is 1.50. The molecule has 0 aliphatic carbocycles. The minimum Gasteiger partial charge on any atom is -0.346 e. The number of anilines is 1. The third-order valence-electron chi connectivity index (χ3n) is 2.18. The maximum Gasteiger partial charge on any atom is 0.0872 e. The molecule has 0 saturated carbocycles. The highest BCUT2D eigenvalue weighted by atomic mass is 15.0. The number of aliphatic imine (C=N–C) groups is 1. The molecule has 1 aliphatic heterocycles. The fraction of sp³-hybridized carbons (Fsp3) is 0.0833. The van der Waals surface area contributed by atoms with Crippen molar-refractivity contribution in [2.75, 3.05) is 5.32 Å². The van der Waals surface area contributed by atoms with E-state index in [1.54, 1.807) is 12.4 Å². The number of fused-ring (bicyclic) bond motifs is 1. The second-order valence-electron chi connectivity index (χ2n) is 3.08. The van der Waals surface area contributed by atoms with Crippen LogP contribution in [-0.2, 0) is 6.54 Å². The molecule has 2 rings (SSSR count). The topological polar surface area (TPSA) is 24.4 Å². The van der Waals surface area contributed by atoms with Crippen LogP contribution in [0.15, 0.2) is 41.9 Å². The van der Waals surface area contributed by atoms with E-state index in [-0.39, 0.29) is 0 Å². The van der Waals surface area contributed by atoms with Crippen molar-refractivity contribution in [1.82, 2.24) is 0 Å². The Morgan fingerprint density at radius 3 is 3.21 bits per heavy atom. The van der Waals surface area contributed by atoms with Gasteiger partial charge in [0, 0.05) is 11.3 Å². The first-order valence-electron chi connectivity index (χ1n) is 4.57. The summed E-state index contributed by atoms with van der Waals surface area (Å²) in [6.45, 7) is 4.41. The molecule has 0 aromatic heterocycles. The highest BCUT2D eigenvalue weighted by Gasteiger charge is 2.07. The van der Waals surface area contributed by atoms with Crippen molar-refractivity contribution < 1.29 is 0 Å². The molecule has 1 N–H and O–H groups in total. The summed E-state index contributed by atoms with van der Waals surface area (Å²) in [7, 11) is 0. The molecule has 1 aromatic rings. The predicted octanol–water partition coefficient (Wildman–Crippen LogP) is 2.84. The summed E-state index contributed by atoms with van der Waals surface area (Å²) < 4.78 is 0. The molecule has 2 nitrogen and oxygen atoms in total. The van der Waals surface area contributed by atoms with Gasteiger partial charge in [0.1, 0.15) is 0 Å². The number of hydrogen-bond acceptors (Lipinski definition) is 2. The molecule has 0 bridgehead atoms. The van der Waals surface area contributed by atoms with E-state index >= 15 is 0 Å². The van der Waals surface area contributed by atoms with Crippen LogP contribution in [0.3, 0.4) is 0 Å². The average molecular weight is 184 g/mol. The van der Waals surface area contributed by atoms with Gasteiger partial charge in [-0.05, 0) is 11.6 Å². The van der Waals surface area contributed by atoms with Crippen LogP contribution in [0.2, 0.25) is 0 Å². The summed E-state index contributed by atoms with van der Waals surface area (Å²) in [4.78, 5) is 4.19. The van der Waals surface area contributed by atoms with Crippen LogP contribution in [0.5, 0.6) is 0 Å². The zero-order valence-corrected chi connectivity index (χ0v) is 7.90. The van der Waals surface area contributed by atoms with Gasteiger partial charge < -0.3 is 5.32 Å². The number of hydrogen-bond donors (Lipinski definition) is 1. The van der Waals surface area contributed by atoms with Crippen molar-refractivity contribution in [2.45, 2.75) is 6.54 Å². The number of nitrogens with zero attached hydrogens (tertiary/aromatic N) is 1. The van der Waals surface area contributed by atoms with Crippen molar-refractivity contribution in [2.24, 2.45) is 4.99 Å². The summed E-state index contributed by atoms with van der Waals surface area (Å²) in [6, 6.07) is 6.18. The van der Waals surface area contributed by atoms with Crippen LogP contribution in [-0.4, -0.2) is 6.34 Å². The molecule has 0 amide bonds. The van der Waals surface area contributed by atoms with Crippen LogP contribution >= 0.6 is 0 Å². The largest absolute Gasteiger partial charge is 0.346 e. The molecule has 1 aliphatic rings. The minimum atomic E-state index is 0.750. The van der Waals surface area contributed by atoms with Gasteiger partial charge in [0.05, 0.1) is 12.9 Å². The lowest BCUT2D eigenvalue weighted by Gasteiger charge is -2.14. The van der Waals surface area contributed by atoms with E-state index < -0.39 is 0 Å². The van der Waals surface area contributed by atoms with E-state index in [2.05, 4.69) is 29.0 Å². The summed E-state index contributed by atoms with van der Waals surface area (Å²) in [5.41, 5.74) is 3.59. The number of nitrogens with one attached hydrogen (secondary N) is 1. The Kier molecular flexibility index (Phi) is 2.45. The van der Waals surface area contributed by atoms with Gasteiger partial charge in [-0.1, -0.05) is 36.9 Å². The first-order valence-corrected chi connectivity index (χ1v) is 4.57. The van der Waals surface area contributed by atoms with Crippen LogP contribution in [0, 0.1) is 0 Å². The van der Waals surface area contributed by atoms with Gasteiger partial charge >= 0.3 is 0 Å². The van der Waals surface area contributed by atoms with Crippen molar-refractivity contribution in [1.29, 1.82) is 0 Å². The predicted molar refractivity (Wildman–Crippen MR) is 61.5 cm³/mol. The van der Waals surface area contributed by atoms with E-state index in [1.165, 1.54) is 11.1 Å². The molecule has 14 heavy (non-hydrogen) atoms. The molecule has 70 valence electrons. The van der Waals surface area contributed by atoms with E-state index in [0.717, 1.165) is 12.2 Å². The lowest BCUT2D eigenvalue weighted by molar-refractivity contribution is 1.06. The SMILES string of the molecule is C=C/C=C\c1cccc2c1CN=CN2. The van der Waals surface area contributed by atoms with Crippen molar-refractivity contribution in [3.05, 3.63) is 48.1 Å². The standard InChI is InChI=1S/C12H12N2/c1-2-3-5-10-6-4-7-12-11(10)8-13-9-14-12/h2-7,9H,1,8H2,(H,13,14)/b5-3-. The second kappa shape index (κ2) is 3.92. The van der Waals surface area contributed by atoms with Crippen LogP contribution < -0.4 is 5.32 Å². The van der Waals surface area contributed by atoms with Crippen molar-refractivity contribution in [3.8, 4) is 0 Å². The Morgan fingerprint density at radius 2 is 2.36 bits per heavy atom. The molecule has 2 heteroatoms. The average Bonchev–Trinajstić information content (AvgIpc) is 2.26. The Labute approximate surface area is 83.7 Å². The fourth-order valence-electron chi connectivity index (χ4n) is 1.50. The second-order valence-corrected chi connectivity index (χ2v) is 3.08. The van der Waals surface area contributed by atoms with Gasteiger partial charge in [-0.15, -0.1) is 0 Å². The maximum atomic E-state index is 4.19. The first kappa shape index (κ1) is 8.75. The Hall–Kier alpha value is -1.83. The third kappa shape index (κ3) is 1.59. The summed E-state index contributed by atoms with van der Waals surface area (Å²) >= 11 is 0. The molecule has 0 spiro atoms. The van der Waals surface area contributed by atoms with Crippen molar-refractivity contribution >= 4 is 18.1 Å². The molecular formula is C12H12N2. The maximum absolute atomic E-state index is 4.19. The molecule has 0 unspecified atom stereocenters. The first-order chi connectivity index (χ1) is 6.92. The van der Waals surface area contributed by atoms with E-state index in [9.17, 15) is 0 Å². The Balaban J connectivity index is 2.42. The van der Waals surface area contributed by atoms with Gasteiger partial charge in [-0.3, -0.25) is 4.99 Å². The van der Waals surface area contributed by atoms with Gasteiger partial charge in [-0.2, -0.15) is 0 Å². The number of allylic oxidation sites excluding steroid dienone is 2. The lowest BCUT2D eigenvalue weighted by Crippen LogP contribution is -2.06. The van der Waals surface area contributed by atoms with Gasteiger partial charge in [0.2, 0.25) is 0 Å². The highest BCUT2D eigenvalue weighted by Crippen LogP contribution is 2.23. The van der Waals surface area contributed by atoms with E-state index in [1.807, 2.05) is 18.2 Å². The molecule has 1 aromatic carbocycles. The minimum absolute atomic E-state index is 0.750. The Morgan fingerprint density at radius 1 is 1.43 bits per heavy atom. The lowest BCUT2D eigenvalue weighted by atomic mass is 10.0. The highest BCUT2D eigenvalue weighted by molar-refractivity contribution is 5.81. The number of benzene rings is 1. The van der Waals surface area contributed by atoms with Crippen LogP contribution in [0.25, 0.3) is 6.08 Å². The van der Waals surface area contributed by atoms with Gasteiger partial charge in [-0.25, -0.2) is 0 Å². The number of rotatable bonds is 2. The molecule has 0 saturated heterocycles. The normalized spacial score (nSPS) is 13.7. The Bertz CT molecular complexity index is 403. The quantitative estimate of drug-likeness (QED) is 0.702. The summed E-state index contributed by atoms with van der Waals surface area (Å²) in [5, 5.41) is 3.13.